The molecule has 0 radical (unpaired) electrons. The maximum absolute atomic E-state index is 13.2. The highest BCUT2D eigenvalue weighted by Gasteiger charge is 2.23. The first-order chi connectivity index (χ1) is 15.5. The summed E-state index contributed by atoms with van der Waals surface area (Å²) in [6.07, 6.45) is 0. The molecule has 0 unspecified atom stereocenters. The van der Waals surface area contributed by atoms with Gasteiger partial charge in [-0.05, 0) is 49.7 Å². The van der Waals surface area contributed by atoms with Crippen molar-refractivity contribution in [3.05, 3.63) is 76.9 Å². The maximum Gasteiger partial charge on any atom is 0.331 e. The summed E-state index contributed by atoms with van der Waals surface area (Å²) in [5, 5.41) is 6.16. The molecular formula is C26H22N2O3S. The third-order valence-corrected chi connectivity index (χ3v) is 6.96. The van der Waals surface area contributed by atoms with E-state index in [-0.39, 0.29) is 5.78 Å². The average molecular weight is 443 g/mol. The fraction of sp³-hybridized carbons (Fsp3) is 0.192. The lowest BCUT2D eigenvalue weighted by molar-refractivity contribution is -0.140. The van der Waals surface area contributed by atoms with Crippen molar-refractivity contribution in [2.75, 3.05) is 5.75 Å². The summed E-state index contributed by atoms with van der Waals surface area (Å²) in [5.41, 5.74) is 6.32. The average Bonchev–Trinajstić information content (AvgIpc) is 3.33. The van der Waals surface area contributed by atoms with Gasteiger partial charge in [-0.3, -0.25) is 4.79 Å². The summed E-state index contributed by atoms with van der Waals surface area (Å²) in [7, 11) is 0. The molecule has 1 aliphatic heterocycles. The smallest absolute Gasteiger partial charge is 0.331 e. The Morgan fingerprint density at radius 3 is 2.59 bits per heavy atom. The first kappa shape index (κ1) is 20.5. The highest BCUT2D eigenvalue weighted by molar-refractivity contribution is 8.00. The molecule has 0 spiro atoms. The molecule has 160 valence electrons. The number of nitrogens with zero attached hydrogens (tertiary/aromatic N) is 2. The molecule has 0 bridgehead atoms. The third-order valence-electron chi connectivity index (χ3n) is 5.89. The molecule has 0 aliphatic carbocycles. The van der Waals surface area contributed by atoms with Gasteiger partial charge in [0.05, 0.1) is 11.2 Å². The number of benzene rings is 3. The molecule has 2 heterocycles. The number of rotatable bonds is 4. The Morgan fingerprint density at radius 1 is 1.06 bits per heavy atom. The minimum absolute atomic E-state index is 0.0243. The van der Waals surface area contributed by atoms with Gasteiger partial charge in [0, 0.05) is 57.1 Å². The molecular weight excluding hydrogens is 420 g/mol. The van der Waals surface area contributed by atoms with Crippen LogP contribution in [0.15, 0.2) is 64.6 Å². The summed E-state index contributed by atoms with van der Waals surface area (Å²) in [6.45, 7) is 6.25. The van der Waals surface area contributed by atoms with Crippen molar-refractivity contribution < 1.29 is 14.4 Å². The molecule has 0 atom stereocenters. The number of ketones is 1. The molecule has 0 saturated carbocycles. The van der Waals surface area contributed by atoms with Gasteiger partial charge in [-0.2, -0.15) is 0 Å². The highest BCUT2D eigenvalue weighted by atomic mass is 32.2. The third kappa shape index (κ3) is 3.31. The van der Waals surface area contributed by atoms with Crippen molar-refractivity contribution in [3.8, 4) is 0 Å². The second kappa shape index (κ2) is 7.95. The summed E-state index contributed by atoms with van der Waals surface area (Å²) < 4.78 is 2.27. The molecule has 32 heavy (non-hydrogen) atoms. The number of carbonyl (C=O) groups is 2. The minimum Gasteiger partial charge on any atom is -0.341 e. The molecule has 1 aliphatic rings. The van der Waals surface area contributed by atoms with E-state index in [9.17, 15) is 9.59 Å². The van der Waals surface area contributed by atoms with Crippen molar-refractivity contribution >= 4 is 51.0 Å². The normalized spacial score (nSPS) is 14.3. The zero-order chi connectivity index (χ0) is 22.4. The lowest BCUT2D eigenvalue weighted by atomic mass is 9.97. The van der Waals surface area contributed by atoms with Gasteiger partial charge in [0.25, 0.3) is 0 Å². The van der Waals surface area contributed by atoms with E-state index in [1.807, 2.05) is 49.4 Å². The molecule has 0 amide bonds. The highest BCUT2D eigenvalue weighted by Crippen LogP contribution is 2.39. The van der Waals surface area contributed by atoms with Crippen molar-refractivity contribution in [1.82, 2.24) is 4.57 Å². The molecule has 0 saturated heterocycles. The Hall–Kier alpha value is -3.38. The van der Waals surface area contributed by atoms with Crippen molar-refractivity contribution in [2.24, 2.45) is 5.16 Å². The number of oxime groups is 1. The van der Waals surface area contributed by atoms with Crippen LogP contribution in [0, 0.1) is 6.92 Å². The second-order valence-electron chi connectivity index (χ2n) is 7.90. The Labute approximate surface area is 190 Å². The first-order valence-electron chi connectivity index (χ1n) is 10.6. The molecule has 3 aromatic carbocycles. The van der Waals surface area contributed by atoms with Crippen molar-refractivity contribution in [3.63, 3.8) is 0 Å². The Morgan fingerprint density at radius 2 is 1.84 bits per heavy atom. The van der Waals surface area contributed by atoms with Gasteiger partial charge < -0.3 is 9.40 Å². The minimum atomic E-state index is -0.432. The predicted octanol–water partition coefficient (Wildman–Crippen LogP) is 5.73. The Balaban J connectivity index is 1.70. The predicted molar refractivity (Wildman–Crippen MR) is 129 cm³/mol. The van der Waals surface area contributed by atoms with E-state index in [0.717, 1.165) is 55.6 Å². The monoisotopic (exact) mass is 442 g/mol. The molecule has 4 aromatic rings. The standard InChI is InChI=1S/C26H22N2O3S/c1-4-28-23-10-9-17(26(30)18-8-6-5-7-15(18)2)11-19(23)20-12-21-22(27-31-16(3)29)14-32-25(21)13-24(20)28/h5-13H,4,14H2,1-3H3/b27-22+. The van der Waals surface area contributed by atoms with E-state index in [1.165, 1.54) is 6.92 Å². The second-order valence-corrected chi connectivity index (χ2v) is 8.91. The molecule has 5 rings (SSSR count). The van der Waals surface area contributed by atoms with E-state index in [1.54, 1.807) is 11.8 Å². The summed E-state index contributed by atoms with van der Waals surface area (Å²) in [5.74, 6) is 0.256. The van der Waals surface area contributed by atoms with Gasteiger partial charge in [-0.25, -0.2) is 4.79 Å². The number of aryl methyl sites for hydroxylation is 2. The van der Waals surface area contributed by atoms with Crippen LogP contribution in [-0.2, 0) is 16.2 Å². The zero-order valence-electron chi connectivity index (χ0n) is 18.1. The fourth-order valence-corrected chi connectivity index (χ4v) is 5.38. The van der Waals surface area contributed by atoms with Crippen LogP contribution < -0.4 is 0 Å². The van der Waals surface area contributed by atoms with Crippen molar-refractivity contribution in [1.29, 1.82) is 0 Å². The van der Waals surface area contributed by atoms with Crippen LogP contribution in [0.4, 0.5) is 0 Å². The van der Waals surface area contributed by atoms with E-state index in [2.05, 4.69) is 28.8 Å². The van der Waals surface area contributed by atoms with Crippen LogP contribution >= 0.6 is 11.8 Å². The van der Waals surface area contributed by atoms with E-state index >= 15 is 0 Å². The number of hydrogen-bond donors (Lipinski definition) is 0. The molecule has 5 nitrogen and oxygen atoms in total. The van der Waals surface area contributed by atoms with Crippen LogP contribution in [0.1, 0.15) is 40.9 Å². The van der Waals surface area contributed by atoms with Crippen LogP contribution in [-0.4, -0.2) is 27.8 Å². The van der Waals surface area contributed by atoms with Gasteiger partial charge in [0.1, 0.15) is 0 Å². The van der Waals surface area contributed by atoms with Gasteiger partial charge in [0.2, 0.25) is 0 Å². The molecule has 1 aromatic heterocycles. The largest absolute Gasteiger partial charge is 0.341 e. The van der Waals surface area contributed by atoms with Gasteiger partial charge in [-0.15, -0.1) is 11.8 Å². The summed E-state index contributed by atoms with van der Waals surface area (Å²) in [6, 6.07) is 17.9. The number of thioether (sulfide) groups is 1. The quantitative estimate of drug-likeness (QED) is 0.230. The lowest BCUT2D eigenvalue weighted by Crippen LogP contribution is -2.03. The van der Waals surface area contributed by atoms with E-state index in [4.69, 9.17) is 4.84 Å². The molecule has 6 heteroatoms. The first-order valence-corrected chi connectivity index (χ1v) is 11.5. The maximum atomic E-state index is 13.2. The van der Waals surface area contributed by atoms with Crippen LogP contribution in [0.3, 0.4) is 0 Å². The number of aromatic nitrogens is 1. The van der Waals surface area contributed by atoms with Crippen LogP contribution in [0.25, 0.3) is 21.8 Å². The van der Waals surface area contributed by atoms with Gasteiger partial charge >= 0.3 is 5.97 Å². The van der Waals surface area contributed by atoms with Gasteiger partial charge in [0.15, 0.2) is 5.78 Å². The number of carbonyl (C=O) groups excluding carboxylic acids is 2. The van der Waals surface area contributed by atoms with Crippen LogP contribution in [0.2, 0.25) is 0 Å². The SMILES string of the molecule is CCn1c2ccc(C(=O)c3ccccc3C)cc2c2cc3c(cc21)SC/C3=N\OC(C)=O. The fourth-order valence-electron chi connectivity index (χ4n) is 4.35. The summed E-state index contributed by atoms with van der Waals surface area (Å²) >= 11 is 1.69. The topological polar surface area (TPSA) is 60.7 Å². The van der Waals surface area contributed by atoms with E-state index in [0.29, 0.717) is 11.3 Å². The lowest BCUT2D eigenvalue weighted by Gasteiger charge is -2.06. The number of hydrogen-bond acceptors (Lipinski definition) is 5. The van der Waals surface area contributed by atoms with Crippen LogP contribution in [0.5, 0.6) is 0 Å². The Kier molecular flexibility index (Phi) is 5.10. The van der Waals surface area contributed by atoms with Gasteiger partial charge in [-0.1, -0.05) is 29.4 Å². The van der Waals surface area contributed by atoms with E-state index < -0.39 is 5.97 Å². The molecule has 0 N–H and O–H groups in total. The Bertz CT molecular complexity index is 1450. The van der Waals surface area contributed by atoms with Crippen molar-refractivity contribution in [2.45, 2.75) is 32.2 Å². The molecule has 0 fully saturated rings. The zero-order valence-corrected chi connectivity index (χ0v) is 19.0. The summed E-state index contributed by atoms with van der Waals surface area (Å²) in [4.78, 5) is 30.5. The number of fused-ring (bicyclic) bond motifs is 4.